The molecule has 0 fully saturated rings. The van der Waals surface area contributed by atoms with Crippen LogP contribution >= 0.6 is 0 Å². The summed E-state index contributed by atoms with van der Waals surface area (Å²) in [6.45, 7) is 0.581. The summed E-state index contributed by atoms with van der Waals surface area (Å²) in [6, 6.07) is 20.4. The van der Waals surface area contributed by atoms with Crippen LogP contribution in [0.4, 0.5) is 17.3 Å². The van der Waals surface area contributed by atoms with Gasteiger partial charge in [-0.15, -0.1) is 0 Å². The van der Waals surface area contributed by atoms with Crippen molar-refractivity contribution in [3.05, 3.63) is 96.4 Å². The Morgan fingerprint density at radius 1 is 0.935 bits per heavy atom. The molecule has 0 saturated carbocycles. The molecule has 0 unspecified atom stereocenters. The van der Waals surface area contributed by atoms with Gasteiger partial charge >= 0.3 is 0 Å². The molecule has 8 nitrogen and oxygen atoms in total. The van der Waals surface area contributed by atoms with Crippen LogP contribution in [-0.4, -0.2) is 26.1 Å². The Kier molecular flexibility index (Phi) is 6.10. The lowest BCUT2D eigenvalue weighted by atomic mass is 10.1. The van der Waals surface area contributed by atoms with Gasteiger partial charge in [0.1, 0.15) is 0 Å². The van der Waals surface area contributed by atoms with Crippen LogP contribution in [0, 0.1) is 0 Å². The van der Waals surface area contributed by atoms with Crippen LogP contribution in [0.3, 0.4) is 0 Å². The van der Waals surface area contributed by atoms with Gasteiger partial charge in [0, 0.05) is 47.6 Å². The third-order valence-corrected chi connectivity index (χ3v) is 4.55. The van der Waals surface area contributed by atoms with E-state index in [1.54, 1.807) is 36.2 Å². The first-order chi connectivity index (χ1) is 15.2. The molecule has 0 aliphatic heterocycles. The Morgan fingerprint density at radius 3 is 2.55 bits per heavy atom. The molecule has 2 aromatic carbocycles. The van der Waals surface area contributed by atoms with Crippen molar-refractivity contribution in [2.45, 2.75) is 6.54 Å². The Morgan fingerprint density at radius 2 is 1.77 bits per heavy atom. The molecule has 4 N–H and O–H groups in total. The highest BCUT2D eigenvalue weighted by molar-refractivity contribution is 5.93. The molecule has 0 atom stereocenters. The number of anilines is 3. The predicted octanol–water partition coefficient (Wildman–Crippen LogP) is 4.01. The summed E-state index contributed by atoms with van der Waals surface area (Å²) >= 11 is 0. The van der Waals surface area contributed by atoms with Crippen molar-refractivity contribution in [2.75, 3.05) is 10.6 Å². The molecule has 4 rings (SSSR count). The second-order valence-corrected chi connectivity index (χ2v) is 6.70. The van der Waals surface area contributed by atoms with Gasteiger partial charge < -0.3 is 10.6 Å². The average Bonchev–Trinajstić information content (AvgIpc) is 2.83. The summed E-state index contributed by atoms with van der Waals surface area (Å²) in [5.74, 6) is -0.0376. The minimum atomic E-state index is -0.534. The van der Waals surface area contributed by atoms with E-state index in [2.05, 4.69) is 25.6 Å². The summed E-state index contributed by atoms with van der Waals surface area (Å²) in [5.41, 5.74) is 6.50. The van der Waals surface area contributed by atoms with Crippen LogP contribution < -0.4 is 16.1 Å². The summed E-state index contributed by atoms with van der Waals surface area (Å²) in [7, 11) is 0. The summed E-state index contributed by atoms with van der Waals surface area (Å²) in [4.78, 5) is 24.4. The number of hydrogen-bond acceptors (Lipinski definition) is 7. The summed E-state index contributed by atoms with van der Waals surface area (Å²) in [6.07, 6.45) is 5.20. The minimum Gasteiger partial charge on any atom is -0.381 e. The number of aromatic nitrogens is 3. The Bertz CT molecular complexity index is 1170. The molecule has 1 amide bonds. The number of amides is 1. The highest BCUT2D eigenvalue weighted by Crippen LogP contribution is 2.21. The van der Waals surface area contributed by atoms with Gasteiger partial charge in [-0.25, -0.2) is 15.4 Å². The van der Waals surface area contributed by atoms with E-state index >= 15 is 0 Å². The fraction of sp³-hybridized carbons (Fsp3) is 0.0435. The second-order valence-electron chi connectivity index (χ2n) is 6.70. The smallest absolute Gasteiger partial charge is 0.274 e. The molecule has 4 aromatic rings. The van der Waals surface area contributed by atoms with Crippen LogP contribution in [0.25, 0.3) is 11.3 Å². The van der Waals surface area contributed by atoms with Crippen molar-refractivity contribution < 1.29 is 10.0 Å². The van der Waals surface area contributed by atoms with E-state index in [9.17, 15) is 4.79 Å². The monoisotopic (exact) mass is 412 g/mol. The number of carbonyl (C=O) groups excluding carboxylic acids is 1. The maximum Gasteiger partial charge on any atom is 0.274 e. The Labute approximate surface area is 179 Å². The molecule has 0 radical (unpaired) electrons. The SMILES string of the molecule is O=C(NO)c1ccc(CNc2cccc(Nc3nccc(-c4cccnc4)n3)c2)cc1. The second kappa shape index (κ2) is 9.47. The van der Waals surface area contributed by atoms with Gasteiger partial charge in [0.15, 0.2) is 0 Å². The standard InChI is InChI=1S/C23H20N6O2/c30-22(29-31)17-8-6-16(7-9-17)14-26-19-4-1-5-20(13-19)27-23-25-12-10-21(28-23)18-3-2-11-24-15-18/h1-13,15,26,31H,14H2,(H,29,30)(H,25,27,28). The molecular weight excluding hydrogens is 392 g/mol. The third kappa shape index (κ3) is 5.20. The zero-order chi connectivity index (χ0) is 21.5. The normalized spacial score (nSPS) is 10.4. The largest absolute Gasteiger partial charge is 0.381 e. The summed E-state index contributed by atoms with van der Waals surface area (Å²) in [5, 5.41) is 15.3. The Hall–Kier alpha value is -4.30. The van der Waals surface area contributed by atoms with Gasteiger partial charge in [-0.3, -0.25) is 15.0 Å². The maximum atomic E-state index is 11.4. The van der Waals surface area contributed by atoms with E-state index < -0.39 is 5.91 Å². The van der Waals surface area contributed by atoms with E-state index in [0.717, 1.165) is 28.2 Å². The van der Waals surface area contributed by atoms with E-state index in [4.69, 9.17) is 5.21 Å². The molecule has 2 heterocycles. The lowest BCUT2D eigenvalue weighted by Crippen LogP contribution is -2.18. The van der Waals surface area contributed by atoms with Crippen molar-refractivity contribution >= 4 is 23.2 Å². The van der Waals surface area contributed by atoms with Gasteiger partial charge in [-0.05, 0) is 54.1 Å². The van der Waals surface area contributed by atoms with Crippen LogP contribution in [0.2, 0.25) is 0 Å². The van der Waals surface area contributed by atoms with Crippen molar-refractivity contribution in [2.24, 2.45) is 0 Å². The third-order valence-electron chi connectivity index (χ3n) is 4.55. The maximum absolute atomic E-state index is 11.4. The quantitative estimate of drug-likeness (QED) is 0.268. The molecule has 31 heavy (non-hydrogen) atoms. The van der Waals surface area contributed by atoms with Crippen LogP contribution in [0.1, 0.15) is 15.9 Å². The fourth-order valence-electron chi connectivity index (χ4n) is 2.97. The number of pyridine rings is 1. The van der Waals surface area contributed by atoms with Crippen molar-refractivity contribution in [3.8, 4) is 11.3 Å². The predicted molar refractivity (Wildman–Crippen MR) is 118 cm³/mol. The average molecular weight is 412 g/mol. The van der Waals surface area contributed by atoms with Gasteiger partial charge in [-0.1, -0.05) is 18.2 Å². The van der Waals surface area contributed by atoms with E-state index in [1.165, 1.54) is 0 Å². The zero-order valence-corrected chi connectivity index (χ0v) is 16.5. The first-order valence-corrected chi connectivity index (χ1v) is 9.59. The highest BCUT2D eigenvalue weighted by Gasteiger charge is 2.05. The number of hydroxylamine groups is 1. The van der Waals surface area contributed by atoms with Gasteiger partial charge in [0.25, 0.3) is 5.91 Å². The molecule has 154 valence electrons. The van der Waals surface area contributed by atoms with E-state index in [1.807, 2.05) is 54.6 Å². The zero-order valence-electron chi connectivity index (χ0n) is 16.5. The van der Waals surface area contributed by atoms with Crippen molar-refractivity contribution in [1.82, 2.24) is 20.4 Å². The summed E-state index contributed by atoms with van der Waals surface area (Å²) < 4.78 is 0. The van der Waals surface area contributed by atoms with Gasteiger partial charge in [0.05, 0.1) is 5.69 Å². The molecular formula is C23H20N6O2. The van der Waals surface area contributed by atoms with Crippen molar-refractivity contribution in [1.29, 1.82) is 0 Å². The number of nitrogens with one attached hydrogen (secondary N) is 3. The van der Waals surface area contributed by atoms with Crippen LogP contribution in [0.15, 0.2) is 85.3 Å². The molecule has 2 aromatic heterocycles. The van der Waals surface area contributed by atoms with Crippen LogP contribution in [-0.2, 0) is 6.54 Å². The molecule has 0 spiro atoms. The Balaban J connectivity index is 1.41. The number of benzene rings is 2. The van der Waals surface area contributed by atoms with Gasteiger partial charge in [-0.2, -0.15) is 0 Å². The van der Waals surface area contributed by atoms with Crippen LogP contribution in [0.5, 0.6) is 0 Å². The number of nitrogens with zero attached hydrogens (tertiary/aromatic N) is 3. The van der Waals surface area contributed by atoms with E-state index in [-0.39, 0.29) is 0 Å². The molecule has 8 heteroatoms. The number of rotatable bonds is 7. The first kappa shape index (κ1) is 20.0. The number of hydrogen-bond donors (Lipinski definition) is 4. The fourth-order valence-corrected chi connectivity index (χ4v) is 2.97. The van der Waals surface area contributed by atoms with Crippen molar-refractivity contribution in [3.63, 3.8) is 0 Å². The van der Waals surface area contributed by atoms with E-state index in [0.29, 0.717) is 18.1 Å². The topological polar surface area (TPSA) is 112 Å². The van der Waals surface area contributed by atoms with Gasteiger partial charge in [0.2, 0.25) is 5.95 Å². The lowest BCUT2D eigenvalue weighted by Gasteiger charge is -2.10. The minimum absolute atomic E-state index is 0.394. The molecule has 0 bridgehead atoms. The number of carbonyl (C=O) groups is 1. The lowest BCUT2D eigenvalue weighted by molar-refractivity contribution is 0.0706. The highest BCUT2D eigenvalue weighted by atomic mass is 16.5. The molecule has 0 aliphatic carbocycles. The first-order valence-electron chi connectivity index (χ1n) is 9.59. The molecule has 0 aliphatic rings. The molecule has 0 saturated heterocycles.